The quantitative estimate of drug-likeness (QED) is 0.739. The van der Waals surface area contributed by atoms with Gasteiger partial charge in [0.1, 0.15) is 5.82 Å². The van der Waals surface area contributed by atoms with Crippen molar-refractivity contribution in [1.29, 1.82) is 0 Å². The molecule has 1 aromatic heterocycles. The third-order valence-corrected chi connectivity index (χ3v) is 3.14. The maximum Gasteiger partial charge on any atom is 0.231 e. The van der Waals surface area contributed by atoms with Crippen LogP contribution in [-0.2, 0) is 4.79 Å². The topological polar surface area (TPSA) is 33.2 Å². The summed E-state index contributed by atoms with van der Waals surface area (Å²) in [7, 11) is 1.79. The minimum Gasteiger partial charge on any atom is -0.300 e. The van der Waals surface area contributed by atoms with Crippen LogP contribution in [0.4, 0.5) is 5.82 Å². The van der Waals surface area contributed by atoms with Crippen LogP contribution in [0.1, 0.15) is 20.3 Å². The molecular formula is C12H16N2O. The summed E-state index contributed by atoms with van der Waals surface area (Å²) in [4.78, 5) is 17.8. The molecule has 1 aliphatic rings. The molecule has 0 radical (unpaired) electrons. The summed E-state index contributed by atoms with van der Waals surface area (Å²) < 4.78 is 0. The summed E-state index contributed by atoms with van der Waals surface area (Å²) in [6, 6.07) is 5.60. The molecule has 2 rings (SSSR count). The number of pyridine rings is 1. The Kier molecular flexibility index (Phi) is 2.25. The molecule has 1 atom stereocenters. The molecule has 1 saturated carbocycles. The second-order valence-corrected chi connectivity index (χ2v) is 4.83. The Bertz CT molecular complexity index is 372. The van der Waals surface area contributed by atoms with Crippen molar-refractivity contribution < 1.29 is 4.79 Å². The fourth-order valence-electron chi connectivity index (χ4n) is 1.79. The van der Waals surface area contributed by atoms with Crippen LogP contribution in [0, 0.1) is 11.3 Å². The van der Waals surface area contributed by atoms with E-state index < -0.39 is 0 Å². The Labute approximate surface area is 90.1 Å². The third-order valence-electron chi connectivity index (χ3n) is 3.14. The summed E-state index contributed by atoms with van der Waals surface area (Å²) in [6.07, 6.45) is 2.69. The van der Waals surface area contributed by atoms with Gasteiger partial charge in [-0.25, -0.2) is 4.98 Å². The molecule has 3 nitrogen and oxygen atoms in total. The van der Waals surface area contributed by atoms with Crippen LogP contribution in [0.2, 0.25) is 0 Å². The van der Waals surface area contributed by atoms with Gasteiger partial charge in [0, 0.05) is 19.2 Å². The molecule has 0 N–H and O–H groups in total. The molecule has 0 spiro atoms. The van der Waals surface area contributed by atoms with Crippen molar-refractivity contribution in [3.05, 3.63) is 24.4 Å². The number of hydrogen-bond acceptors (Lipinski definition) is 2. The predicted molar refractivity (Wildman–Crippen MR) is 59.5 cm³/mol. The molecule has 3 heteroatoms. The van der Waals surface area contributed by atoms with E-state index in [9.17, 15) is 4.79 Å². The number of hydrogen-bond donors (Lipinski definition) is 0. The van der Waals surface area contributed by atoms with Crippen molar-refractivity contribution in [2.75, 3.05) is 11.9 Å². The van der Waals surface area contributed by atoms with Crippen LogP contribution in [-0.4, -0.2) is 17.9 Å². The Morgan fingerprint density at radius 1 is 1.53 bits per heavy atom. The number of carbonyl (C=O) groups is 1. The average molecular weight is 204 g/mol. The van der Waals surface area contributed by atoms with Crippen LogP contribution < -0.4 is 4.90 Å². The zero-order chi connectivity index (χ0) is 11.1. The van der Waals surface area contributed by atoms with Crippen molar-refractivity contribution in [3.63, 3.8) is 0 Å². The largest absolute Gasteiger partial charge is 0.300 e. The molecule has 1 amide bonds. The van der Waals surface area contributed by atoms with E-state index in [0.717, 1.165) is 12.2 Å². The number of nitrogens with zero attached hydrogens (tertiary/aromatic N) is 2. The maximum atomic E-state index is 12.0. The SMILES string of the molecule is CN(C(=O)[C@H]1CC1(C)C)c1ccccn1. The molecule has 0 saturated heterocycles. The zero-order valence-corrected chi connectivity index (χ0v) is 9.40. The summed E-state index contributed by atoms with van der Waals surface area (Å²) in [5.41, 5.74) is 0.181. The van der Waals surface area contributed by atoms with Gasteiger partial charge in [0.25, 0.3) is 0 Å². The van der Waals surface area contributed by atoms with E-state index in [1.165, 1.54) is 0 Å². The fourth-order valence-corrected chi connectivity index (χ4v) is 1.79. The first-order valence-corrected chi connectivity index (χ1v) is 5.21. The number of amides is 1. The Hall–Kier alpha value is -1.38. The summed E-state index contributed by atoms with van der Waals surface area (Å²) >= 11 is 0. The number of aromatic nitrogens is 1. The standard InChI is InChI=1S/C12H16N2O/c1-12(2)8-9(12)11(15)14(3)10-6-4-5-7-13-10/h4-7,9H,8H2,1-3H3/t9-/m1/s1. The summed E-state index contributed by atoms with van der Waals surface area (Å²) in [6.45, 7) is 4.25. The Balaban J connectivity index is 2.10. The second kappa shape index (κ2) is 3.33. The van der Waals surface area contributed by atoms with E-state index >= 15 is 0 Å². The van der Waals surface area contributed by atoms with Crippen molar-refractivity contribution >= 4 is 11.7 Å². The van der Waals surface area contributed by atoms with Gasteiger partial charge in [-0.1, -0.05) is 19.9 Å². The number of anilines is 1. The number of rotatable bonds is 2. The lowest BCUT2D eigenvalue weighted by Crippen LogP contribution is -2.29. The van der Waals surface area contributed by atoms with Crippen molar-refractivity contribution in [2.45, 2.75) is 20.3 Å². The lowest BCUT2D eigenvalue weighted by molar-refractivity contribution is -0.120. The van der Waals surface area contributed by atoms with E-state index in [4.69, 9.17) is 0 Å². The van der Waals surface area contributed by atoms with Crippen molar-refractivity contribution in [2.24, 2.45) is 11.3 Å². The van der Waals surface area contributed by atoms with Gasteiger partial charge in [-0.3, -0.25) is 9.69 Å². The zero-order valence-electron chi connectivity index (χ0n) is 9.40. The molecule has 1 aromatic rings. The molecular weight excluding hydrogens is 188 g/mol. The van der Waals surface area contributed by atoms with Crippen LogP contribution in [0.5, 0.6) is 0 Å². The summed E-state index contributed by atoms with van der Waals surface area (Å²) in [5.74, 6) is 1.08. The Morgan fingerprint density at radius 3 is 2.67 bits per heavy atom. The van der Waals surface area contributed by atoms with Gasteiger partial charge in [0.2, 0.25) is 5.91 Å². The van der Waals surface area contributed by atoms with E-state index in [2.05, 4.69) is 18.8 Å². The van der Waals surface area contributed by atoms with E-state index in [-0.39, 0.29) is 17.2 Å². The molecule has 15 heavy (non-hydrogen) atoms. The normalized spacial score (nSPS) is 22.2. The van der Waals surface area contributed by atoms with Crippen LogP contribution >= 0.6 is 0 Å². The molecule has 0 aliphatic heterocycles. The molecule has 1 heterocycles. The van der Waals surface area contributed by atoms with E-state index in [1.807, 2.05) is 18.2 Å². The van der Waals surface area contributed by atoms with Crippen LogP contribution in [0.25, 0.3) is 0 Å². The first-order valence-electron chi connectivity index (χ1n) is 5.21. The van der Waals surface area contributed by atoms with Crippen LogP contribution in [0.3, 0.4) is 0 Å². The predicted octanol–water partition coefficient (Wildman–Crippen LogP) is 2.09. The molecule has 0 aromatic carbocycles. The van der Waals surface area contributed by atoms with Gasteiger partial charge in [0.15, 0.2) is 0 Å². The lowest BCUT2D eigenvalue weighted by Gasteiger charge is -2.16. The smallest absolute Gasteiger partial charge is 0.231 e. The molecule has 1 fully saturated rings. The van der Waals surface area contributed by atoms with Gasteiger partial charge in [-0.05, 0) is 24.0 Å². The van der Waals surface area contributed by atoms with Gasteiger partial charge < -0.3 is 0 Å². The Morgan fingerprint density at radius 2 is 2.20 bits per heavy atom. The van der Waals surface area contributed by atoms with Gasteiger partial charge in [-0.15, -0.1) is 0 Å². The van der Waals surface area contributed by atoms with E-state index in [0.29, 0.717) is 0 Å². The third kappa shape index (κ3) is 1.87. The summed E-state index contributed by atoms with van der Waals surface area (Å²) in [5, 5.41) is 0. The van der Waals surface area contributed by atoms with Gasteiger partial charge in [0.05, 0.1) is 0 Å². The molecule has 1 aliphatic carbocycles. The van der Waals surface area contributed by atoms with E-state index in [1.54, 1.807) is 18.1 Å². The van der Waals surface area contributed by atoms with Gasteiger partial charge in [-0.2, -0.15) is 0 Å². The maximum absolute atomic E-state index is 12.0. The number of carbonyl (C=O) groups excluding carboxylic acids is 1. The highest BCUT2D eigenvalue weighted by Gasteiger charge is 2.51. The minimum absolute atomic E-state index is 0.171. The first-order chi connectivity index (χ1) is 7.02. The minimum atomic E-state index is 0.171. The highest BCUT2D eigenvalue weighted by atomic mass is 16.2. The second-order valence-electron chi connectivity index (χ2n) is 4.83. The van der Waals surface area contributed by atoms with Crippen molar-refractivity contribution in [3.8, 4) is 0 Å². The lowest BCUT2D eigenvalue weighted by atomic mass is 10.1. The molecule has 0 bridgehead atoms. The van der Waals surface area contributed by atoms with Gasteiger partial charge >= 0.3 is 0 Å². The average Bonchev–Trinajstić information content (AvgIpc) is 2.87. The first kappa shape index (κ1) is 10.1. The highest BCUT2D eigenvalue weighted by Crippen LogP contribution is 2.52. The van der Waals surface area contributed by atoms with Crippen LogP contribution in [0.15, 0.2) is 24.4 Å². The van der Waals surface area contributed by atoms with Crippen molar-refractivity contribution in [1.82, 2.24) is 4.98 Å². The highest BCUT2D eigenvalue weighted by molar-refractivity contribution is 5.95. The fraction of sp³-hybridized carbons (Fsp3) is 0.500. The molecule has 80 valence electrons. The molecule has 0 unspecified atom stereocenters. The monoisotopic (exact) mass is 204 g/mol.